The van der Waals surface area contributed by atoms with E-state index in [4.69, 9.17) is 10.3 Å². The van der Waals surface area contributed by atoms with Crippen molar-refractivity contribution >= 4 is 5.69 Å². The molecule has 0 fully saturated rings. The zero-order valence-corrected chi connectivity index (χ0v) is 14.9. The highest BCUT2D eigenvalue weighted by atomic mass is 16.5. The van der Waals surface area contributed by atoms with Gasteiger partial charge in [0.2, 0.25) is 0 Å². The van der Waals surface area contributed by atoms with E-state index in [-0.39, 0.29) is 5.56 Å². The van der Waals surface area contributed by atoms with Crippen molar-refractivity contribution in [3.63, 3.8) is 0 Å². The molecule has 3 N–H and O–H groups in total. The highest BCUT2D eigenvalue weighted by molar-refractivity contribution is 5.58. The molecule has 3 heterocycles. The summed E-state index contributed by atoms with van der Waals surface area (Å²) in [6.07, 6.45) is 0.741. The number of benzene rings is 1. The first-order chi connectivity index (χ1) is 12.5. The molecule has 1 aliphatic rings. The maximum Gasteiger partial charge on any atom is 0.255 e. The van der Waals surface area contributed by atoms with Gasteiger partial charge >= 0.3 is 0 Å². The van der Waals surface area contributed by atoms with Crippen LogP contribution in [0.4, 0.5) is 5.69 Å². The van der Waals surface area contributed by atoms with Gasteiger partial charge in [-0.25, -0.2) is 4.98 Å². The van der Waals surface area contributed by atoms with Gasteiger partial charge in [0, 0.05) is 42.9 Å². The lowest BCUT2D eigenvalue weighted by Crippen LogP contribution is -2.35. The number of rotatable bonds is 3. The number of nitrogens with zero attached hydrogens (tertiary/aromatic N) is 3. The van der Waals surface area contributed by atoms with Crippen LogP contribution in [0.3, 0.4) is 0 Å². The summed E-state index contributed by atoms with van der Waals surface area (Å²) in [4.78, 5) is 22.5. The molecule has 2 aromatic heterocycles. The fraction of sp³-hybridized carbons (Fsp3) is 0.316. The van der Waals surface area contributed by atoms with Gasteiger partial charge in [0.05, 0.1) is 17.0 Å². The Morgan fingerprint density at radius 1 is 1.27 bits per heavy atom. The average molecular weight is 351 g/mol. The minimum atomic E-state index is -0.0784. The summed E-state index contributed by atoms with van der Waals surface area (Å²) in [6.45, 7) is 6.00. The second kappa shape index (κ2) is 6.42. The van der Waals surface area contributed by atoms with E-state index in [1.807, 2.05) is 26.0 Å². The second-order valence-electron chi connectivity index (χ2n) is 6.73. The molecule has 0 radical (unpaired) electrons. The quantitative estimate of drug-likeness (QED) is 0.702. The summed E-state index contributed by atoms with van der Waals surface area (Å²) in [5.41, 5.74) is 10.8. The Bertz CT molecular complexity index is 984. The minimum absolute atomic E-state index is 0.0784. The Morgan fingerprint density at radius 3 is 2.73 bits per heavy atom. The van der Waals surface area contributed by atoms with Gasteiger partial charge in [-0.3, -0.25) is 9.69 Å². The van der Waals surface area contributed by atoms with Crippen molar-refractivity contribution in [3.8, 4) is 11.4 Å². The number of fused-ring (bicyclic) bond motifs is 1. The van der Waals surface area contributed by atoms with Crippen LogP contribution in [-0.2, 0) is 19.5 Å². The van der Waals surface area contributed by atoms with Crippen LogP contribution in [0.15, 0.2) is 33.6 Å². The van der Waals surface area contributed by atoms with Gasteiger partial charge in [-0.05, 0) is 38.1 Å². The molecular weight excluding hydrogens is 330 g/mol. The Kier molecular flexibility index (Phi) is 4.08. The van der Waals surface area contributed by atoms with Crippen molar-refractivity contribution in [3.05, 3.63) is 62.9 Å². The first-order valence-corrected chi connectivity index (χ1v) is 8.63. The van der Waals surface area contributed by atoms with E-state index in [1.165, 1.54) is 0 Å². The van der Waals surface area contributed by atoms with E-state index in [0.29, 0.717) is 18.1 Å². The highest BCUT2D eigenvalue weighted by Gasteiger charge is 2.23. The molecule has 1 aliphatic heterocycles. The molecular formula is C19H21N5O2. The first kappa shape index (κ1) is 16.5. The molecule has 0 bridgehead atoms. The zero-order valence-electron chi connectivity index (χ0n) is 14.9. The summed E-state index contributed by atoms with van der Waals surface area (Å²) >= 11 is 0. The molecule has 7 nitrogen and oxygen atoms in total. The molecule has 1 aromatic carbocycles. The number of aromatic amines is 1. The lowest BCUT2D eigenvalue weighted by atomic mass is 10.0. The van der Waals surface area contributed by atoms with E-state index in [0.717, 1.165) is 53.3 Å². The standard InChI is InChI=1S/C19H21N5O2/c1-11-15(12(2)26-23-11)9-24-8-7-17-16(10-24)19(25)22-18(21-17)13-3-5-14(20)6-4-13/h3-6H,7-10,20H2,1-2H3,(H,21,22,25). The number of H-pyrrole nitrogens is 1. The molecule has 0 spiro atoms. The monoisotopic (exact) mass is 351 g/mol. The number of hydrogen-bond donors (Lipinski definition) is 2. The number of nitrogens with two attached hydrogens (primary N) is 1. The number of nitrogen functional groups attached to an aromatic ring is 1. The smallest absolute Gasteiger partial charge is 0.255 e. The normalized spacial score (nSPS) is 14.4. The van der Waals surface area contributed by atoms with Crippen molar-refractivity contribution in [2.45, 2.75) is 33.4 Å². The number of nitrogens with one attached hydrogen (secondary N) is 1. The second-order valence-corrected chi connectivity index (χ2v) is 6.73. The molecule has 7 heteroatoms. The maximum atomic E-state index is 12.6. The Balaban J connectivity index is 1.60. The number of aromatic nitrogens is 3. The number of hydrogen-bond acceptors (Lipinski definition) is 6. The zero-order chi connectivity index (χ0) is 18.3. The van der Waals surface area contributed by atoms with Crippen molar-refractivity contribution in [1.29, 1.82) is 0 Å². The third-order valence-electron chi connectivity index (χ3n) is 4.89. The SMILES string of the molecule is Cc1noc(C)c1CN1CCc2nc(-c3ccc(N)cc3)[nH]c(=O)c2C1. The van der Waals surface area contributed by atoms with Crippen molar-refractivity contribution in [2.75, 3.05) is 12.3 Å². The Morgan fingerprint density at radius 2 is 2.04 bits per heavy atom. The summed E-state index contributed by atoms with van der Waals surface area (Å²) < 4.78 is 5.24. The highest BCUT2D eigenvalue weighted by Crippen LogP contribution is 2.22. The van der Waals surface area contributed by atoms with Gasteiger partial charge in [0.25, 0.3) is 5.56 Å². The average Bonchev–Trinajstić information content (AvgIpc) is 2.94. The molecule has 4 rings (SSSR count). The molecule has 0 unspecified atom stereocenters. The number of anilines is 1. The van der Waals surface area contributed by atoms with Crippen LogP contribution in [0.2, 0.25) is 0 Å². The lowest BCUT2D eigenvalue weighted by Gasteiger charge is -2.27. The summed E-state index contributed by atoms with van der Waals surface area (Å²) in [6, 6.07) is 7.35. The predicted octanol–water partition coefficient (Wildman–Crippen LogP) is 2.18. The summed E-state index contributed by atoms with van der Waals surface area (Å²) in [5, 5.41) is 4.00. The van der Waals surface area contributed by atoms with E-state index in [9.17, 15) is 4.79 Å². The van der Waals surface area contributed by atoms with Gasteiger partial charge in [0.1, 0.15) is 11.6 Å². The molecule has 0 saturated carbocycles. The molecule has 0 saturated heterocycles. The van der Waals surface area contributed by atoms with Gasteiger partial charge in [-0.15, -0.1) is 0 Å². The molecule has 134 valence electrons. The van der Waals surface area contributed by atoms with Crippen LogP contribution >= 0.6 is 0 Å². The third-order valence-corrected chi connectivity index (χ3v) is 4.89. The fourth-order valence-corrected chi connectivity index (χ4v) is 3.34. The minimum Gasteiger partial charge on any atom is -0.399 e. The largest absolute Gasteiger partial charge is 0.399 e. The van der Waals surface area contributed by atoms with Crippen LogP contribution in [0.25, 0.3) is 11.4 Å². The predicted molar refractivity (Wildman–Crippen MR) is 98.5 cm³/mol. The van der Waals surface area contributed by atoms with Crippen LogP contribution in [0.1, 0.15) is 28.3 Å². The fourth-order valence-electron chi connectivity index (χ4n) is 3.34. The first-order valence-electron chi connectivity index (χ1n) is 8.63. The van der Waals surface area contributed by atoms with Gasteiger partial charge < -0.3 is 15.2 Å². The molecule has 0 amide bonds. The van der Waals surface area contributed by atoms with Gasteiger partial charge in [-0.2, -0.15) is 0 Å². The van der Waals surface area contributed by atoms with Crippen molar-refractivity contribution < 1.29 is 4.52 Å². The van der Waals surface area contributed by atoms with E-state index in [1.54, 1.807) is 12.1 Å². The van der Waals surface area contributed by atoms with Crippen molar-refractivity contribution in [2.24, 2.45) is 0 Å². The van der Waals surface area contributed by atoms with E-state index < -0.39 is 0 Å². The van der Waals surface area contributed by atoms with Gasteiger partial charge in [-0.1, -0.05) is 5.16 Å². The topological polar surface area (TPSA) is 101 Å². The molecule has 0 aliphatic carbocycles. The molecule has 3 aromatic rings. The van der Waals surface area contributed by atoms with Crippen LogP contribution < -0.4 is 11.3 Å². The lowest BCUT2D eigenvalue weighted by molar-refractivity contribution is 0.240. The summed E-state index contributed by atoms with van der Waals surface area (Å²) in [7, 11) is 0. The van der Waals surface area contributed by atoms with E-state index in [2.05, 4.69) is 20.0 Å². The van der Waals surface area contributed by atoms with Crippen LogP contribution in [0, 0.1) is 13.8 Å². The van der Waals surface area contributed by atoms with Gasteiger partial charge in [0.15, 0.2) is 0 Å². The molecule has 26 heavy (non-hydrogen) atoms. The Labute approximate surface area is 150 Å². The summed E-state index contributed by atoms with van der Waals surface area (Å²) in [5.74, 6) is 1.42. The number of aryl methyl sites for hydroxylation is 2. The van der Waals surface area contributed by atoms with Crippen LogP contribution in [-0.4, -0.2) is 26.6 Å². The van der Waals surface area contributed by atoms with E-state index >= 15 is 0 Å². The molecule has 0 atom stereocenters. The maximum absolute atomic E-state index is 12.6. The third kappa shape index (κ3) is 3.01. The van der Waals surface area contributed by atoms with Crippen LogP contribution in [0.5, 0.6) is 0 Å². The Hall–Kier alpha value is -2.93. The van der Waals surface area contributed by atoms with Crippen molar-refractivity contribution in [1.82, 2.24) is 20.0 Å².